The van der Waals surface area contributed by atoms with Crippen LogP contribution in [0.5, 0.6) is 0 Å². The molecule has 1 rings (SSSR count). The molecular formula is C15H25NO. The van der Waals surface area contributed by atoms with Gasteiger partial charge in [0.2, 0.25) is 0 Å². The van der Waals surface area contributed by atoms with Gasteiger partial charge < -0.3 is 10.1 Å². The summed E-state index contributed by atoms with van der Waals surface area (Å²) in [5, 5.41) is 3.37. The van der Waals surface area contributed by atoms with Gasteiger partial charge in [0.05, 0.1) is 6.10 Å². The van der Waals surface area contributed by atoms with Crippen molar-refractivity contribution in [1.29, 1.82) is 0 Å². The van der Waals surface area contributed by atoms with Gasteiger partial charge in [-0.25, -0.2) is 0 Å². The van der Waals surface area contributed by atoms with E-state index in [0.717, 1.165) is 26.1 Å². The molecule has 0 aromatic heterocycles. The summed E-state index contributed by atoms with van der Waals surface area (Å²) in [6.07, 6.45) is 2.50. The van der Waals surface area contributed by atoms with Gasteiger partial charge in [-0.1, -0.05) is 50.1 Å². The number of benzene rings is 1. The number of ether oxygens (including phenoxy) is 1. The molecule has 1 aromatic rings. The summed E-state index contributed by atoms with van der Waals surface area (Å²) in [6.45, 7) is 9.16. The molecule has 0 aliphatic carbocycles. The Hall–Kier alpha value is -0.860. The van der Waals surface area contributed by atoms with Gasteiger partial charge in [0.15, 0.2) is 0 Å². The van der Waals surface area contributed by atoms with Crippen molar-refractivity contribution in [2.75, 3.05) is 19.7 Å². The highest BCUT2D eigenvalue weighted by atomic mass is 16.5. The maximum absolute atomic E-state index is 5.96. The van der Waals surface area contributed by atoms with Crippen LogP contribution < -0.4 is 5.32 Å². The van der Waals surface area contributed by atoms with Gasteiger partial charge in [-0.05, 0) is 25.5 Å². The molecule has 0 fully saturated rings. The summed E-state index contributed by atoms with van der Waals surface area (Å²) >= 11 is 0. The minimum Gasteiger partial charge on any atom is -0.372 e. The molecule has 0 bridgehead atoms. The van der Waals surface area contributed by atoms with Crippen molar-refractivity contribution in [3.8, 4) is 0 Å². The minimum atomic E-state index is 0.182. The molecule has 1 atom stereocenters. The van der Waals surface area contributed by atoms with Gasteiger partial charge in [-0.3, -0.25) is 0 Å². The molecule has 17 heavy (non-hydrogen) atoms. The Morgan fingerprint density at radius 2 is 2.12 bits per heavy atom. The number of hydrogen-bond acceptors (Lipinski definition) is 2. The molecule has 1 unspecified atom stereocenters. The van der Waals surface area contributed by atoms with Gasteiger partial charge >= 0.3 is 0 Å². The fraction of sp³-hybridized carbons (Fsp3) is 0.600. The molecule has 96 valence electrons. The van der Waals surface area contributed by atoms with Crippen molar-refractivity contribution in [3.63, 3.8) is 0 Å². The van der Waals surface area contributed by atoms with Gasteiger partial charge in [-0.15, -0.1) is 0 Å². The van der Waals surface area contributed by atoms with Crippen LogP contribution in [0.25, 0.3) is 0 Å². The van der Waals surface area contributed by atoms with Gasteiger partial charge in [0, 0.05) is 13.2 Å². The zero-order chi connectivity index (χ0) is 12.5. The average Bonchev–Trinajstić information content (AvgIpc) is 2.33. The topological polar surface area (TPSA) is 21.3 Å². The first-order valence-electron chi connectivity index (χ1n) is 6.66. The summed E-state index contributed by atoms with van der Waals surface area (Å²) in [6, 6.07) is 8.60. The zero-order valence-electron chi connectivity index (χ0n) is 11.3. The van der Waals surface area contributed by atoms with Gasteiger partial charge in [0.1, 0.15) is 0 Å². The first kappa shape index (κ1) is 14.2. The van der Waals surface area contributed by atoms with Crippen LogP contribution in [0.15, 0.2) is 24.3 Å². The van der Waals surface area contributed by atoms with E-state index < -0.39 is 0 Å². The molecule has 1 aromatic carbocycles. The summed E-state index contributed by atoms with van der Waals surface area (Å²) < 4.78 is 5.96. The van der Waals surface area contributed by atoms with Crippen LogP contribution in [0.1, 0.15) is 43.9 Å². The van der Waals surface area contributed by atoms with E-state index in [-0.39, 0.29) is 6.10 Å². The van der Waals surface area contributed by atoms with Crippen LogP contribution in [0.2, 0.25) is 0 Å². The number of hydrogen-bond donors (Lipinski definition) is 1. The molecule has 0 heterocycles. The molecule has 0 amide bonds. The largest absolute Gasteiger partial charge is 0.372 e. The molecule has 2 heteroatoms. The lowest BCUT2D eigenvalue weighted by Gasteiger charge is -2.19. The molecule has 1 N–H and O–H groups in total. The molecule has 0 aliphatic heterocycles. The predicted octanol–water partition coefficient (Wildman–Crippen LogP) is 3.46. The fourth-order valence-corrected chi connectivity index (χ4v) is 1.79. The van der Waals surface area contributed by atoms with Crippen molar-refractivity contribution < 1.29 is 4.74 Å². The van der Waals surface area contributed by atoms with Crippen LogP contribution in [0, 0.1) is 6.92 Å². The summed E-state index contributed by atoms with van der Waals surface area (Å²) in [4.78, 5) is 0. The third-order valence-electron chi connectivity index (χ3n) is 2.81. The quantitative estimate of drug-likeness (QED) is 0.697. The monoisotopic (exact) mass is 235 g/mol. The molecule has 0 spiro atoms. The number of nitrogens with one attached hydrogen (secondary N) is 1. The molecule has 0 aliphatic rings. The van der Waals surface area contributed by atoms with Gasteiger partial charge in [0.25, 0.3) is 0 Å². The number of rotatable bonds is 8. The van der Waals surface area contributed by atoms with Gasteiger partial charge in [-0.2, -0.15) is 0 Å². The lowest BCUT2D eigenvalue weighted by Crippen LogP contribution is -2.23. The van der Waals surface area contributed by atoms with Crippen molar-refractivity contribution in [2.24, 2.45) is 0 Å². The van der Waals surface area contributed by atoms with Crippen molar-refractivity contribution in [1.82, 2.24) is 5.32 Å². The van der Waals surface area contributed by atoms with Crippen molar-refractivity contribution in [2.45, 2.75) is 39.7 Å². The van der Waals surface area contributed by atoms with E-state index in [0.29, 0.717) is 0 Å². The normalized spacial score (nSPS) is 12.6. The highest BCUT2D eigenvalue weighted by Crippen LogP contribution is 2.18. The van der Waals surface area contributed by atoms with E-state index in [4.69, 9.17) is 4.74 Å². The van der Waals surface area contributed by atoms with E-state index in [1.807, 2.05) is 0 Å². The minimum absolute atomic E-state index is 0.182. The van der Waals surface area contributed by atoms with Crippen LogP contribution in [-0.2, 0) is 4.74 Å². The van der Waals surface area contributed by atoms with Crippen molar-refractivity contribution in [3.05, 3.63) is 35.4 Å². The zero-order valence-corrected chi connectivity index (χ0v) is 11.3. The van der Waals surface area contributed by atoms with E-state index in [1.54, 1.807) is 0 Å². The summed E-state index contributed by atoms with van der Waals surface area (Å²) in [7, 11) is 0. The lowest BCUT2D eigenvalue weighted by molar-refractivity contribution is 0.0510. The first-order valence-corrected chi connectivity index (χ1v) is 6.66. The molecule has 0 saturated carbocycles. The van der Waals surface area contributed by atoms with E-state index in [1.165, 1.54) is 17.5 Å². The van der Waals surface area contributed by atoms with Crippen LogP contribution in [0.3, 0.4) is 0 Å². The Morgan fingerprint density at radius 1 is 1.29 bits per heavy atom. The van der Waals surface area contributed by atoms with E-state index in [2.05, 4.69) is 50.4 Å². The number of unbranched alkanes of at least 4 members (excludes halogenated alkanes) is 1. The predicted molar refractivity (Wildman–Crippen MR) is 73.3 cm³/mol. The summed E-state index contributed by atoms with van der Waals surface area (Å²) in [5.41, 5.74) is 2.57. The van der Waals surface area contributed by atoms with Crippen LogP contribution in [0.4, 0.5) is 0 Å². The maximum atomic E-state index is 5.96. The second-order valence-corrected chi connectivity index (χ2v) is 4.43. The molecular weight excluding hydrogens is 210 g/mol. The Kier molecular flexibility index (Phi) is 6.90. The SMILES string of the molecule is CCCCOC(CNCC)c1cccc(C)c1. The Balaban J connectivity index is 2.60. The first-order chi connectivity index (χ1) is 8.27. The maximum Gasteiger partial charge on any atom is 0.0949 e. The Bertz CT molecular complexity index is 312. The molecule has 0 radical (unpaired) electrons. The van der Waals surface area contributed by atoms with Crippen LogP contribution >= 0.6 is 0 Å². The molecule has 2 nitrogen and oxygen atoms in total. The van der Waals surface area contributed by atoms with Crippen LogP contribution in [-0.4, -0.2) is 19.7 Å². The van der Waals surface area contributed by atoms with Crippen molar-refractivity contribution >= 4 is 0 Å². The lowest BCUT2D eigenvalue weighted by atomic mass is 10.1. The van der Waals surface area contributed by atoms with E-state index >= 15 is 0 Å². The standard InChI is InChI=1S/C15H25NO/c1-4-6-10-17-15(12-16-5-2)14-9-7-8-13(3)11-14/h7-9,11,15-16H,4-6,10,12H2,1-3H3. The number of aryl methyl sites for hydroxylation is 1. The second-order valence-electron chi connectivity index (χ2n) is 4.43. The van der Waals surface area contributed by atoms with E-state index in [9.17, 15) is 0 Å². The second kappa shape index (κ2) is 8.26. The molecule has 0 saturated heterocycles. The number of likely N-dealkylation sites (N-methyl/N-ethyl adjacent to an activating group) is 1. The fourth-order valence-electron chi connectivity index (χ4n) is 1.79. The average molecular weight is 235 g/mol. The highest BCUT2D eigenvalue weighted by Gasteiger charge is 2.11. The summed E-state index contributed by atoms with van der Waals surface area (Å²) in [5.74, 6) is 0. The third-order valence-corrected chi connectivity index (χ3v) is 2.81. The Labute approximate surface area is 105 Å². The Morgan fingerprint density at radius 3 is 2.76 bits per heavy atom. The smallest absolute Gasteiger partial charge is 0.0949 e. The third kappa shape index (κ3) is 5.33. The highest BCUT2D eigenvalue weighted by molar-refractivity contribution is 5.24.